The van der Waals surface area contributed by atoms with Crippen molar-refractivity contribution in [3.05, 3.63) is 69.4 Å². The molecule has 0 spiro atoms. The first-order valence-electron chi connectivity index (χ1n) is 7.80. The van der Waals surface area contributed by atoms with Crippen LogP contribution in [0.15, 0.2) is 54.0 Å². The van der Waals surface area contributed by atoms with E-state index in [9.17, 15) is 4.79 Å². The lowest BCUT2D eigenvalue weighted by molar-refractivity contribution is 0.0955. The second kappa shape index (κ2) is 9.11. The van der Waals surface area contributed by atoms with Gasteiger partial charge in [-0.1, -0.05) is 11.6 Å². The van der Waals surface area contributed by atoms with E-state index in [0.29, 0.717) is 28.1 Å². The molecule has 0 saturated heterocycles. The van der Waals surface area contributed by atoms with Crippen LogP contribution in [0.1, 0.15) is 20.8 Å². The van der Waals surface area contributed by atoms with Gasteiger partial charge < -0.3 is 9.47 Å². The molecule has 2 aromatic heterocycles. The summed E-state index contributed by atoms with van der Waals surface area (Å²) >= 11 is 7.17. The zero-order chi connectivity index (χ0) is 19.1. The molecular formula is C18H15ClN4O3S. The average Bonchev–Trinajstić information content (AvgIpc) is 3.12. The molecule has 3 aromatic rings. The fourth-order valence-electron chi connectivity index (χ4n) is 2.12. The van der Waals surface area contributed by atoms with Crippen LogP contribution < -0.4 is 14.9 Å². The summed E-state index contributed by atoms with van der Waals surface area (Å²) in [5, 5.41) is 3.96. The molecule has 3 rings (SSSR count). The van der Waals surface area contributed by atoms with Gasteiger partial charge in [0, 0.05) is 24.2 Å². The predicted octanol–water partition coefficient (Wildman–Crippen LogP) is 3.54. The van der Waals surface area contributed by atoms with Crippen LogP contribution in [0.25, 0.3) is 0 Å². The van der Waals surface area contributed by atoms with Crippen LogP contribution in [-0.2, 0) is 6.61 Å². The number of nitrogens with zero attached hydrogens (tertiary/aromatic N) is 3. The van der Waals surface area contributed by atoms with E-state index in [-0.39, 0.29) is 5.91 Å². The Labute approximate surface area is 164 Å². The van der Waals surface area contributed by atoms with Crippen LogP contribution in [0.2, 0.25) is 4.47 Å². The molecule has 138 valence electrons. The monoisotopic (exact) mass is 402 g/mol. The van der Waals surface area contributed by atoms with E-state index in [0.717, 1.165) is 10.4 Å². The Bertz CT molecular complexity index is 947. The second-order valence-electron chi connectivity index (χ2n) is 5.21. The number of carbonyl (C=O) groups excluding carboxylic acids is 1. The van der Waals surface area contributed by atoms with Gasteiger partial charge in [0.05, 0.1) is 18.2 Å². The Morgan fingerprint density at radius 3 is 2.81 bits per heavy atom. The molecule has 0 unspecified atom stereocenters. The normalized spacial score (nSPS) is 10.7. The highest BCUT2D eigenvalue weighted by Crippen LogP contribution is 2.29. The Balaban J connectivity index is 1.62. The van der Waals surface area contributed by atoms with Gasteiger partial charge in [-0.15, -0.1) is 11.3 Å². The first-order valence-corrected chi connectivity index (χ1v) is 8.99. The highest BCUT2D eigenvalue weighted by atomic mass is 35.5. The zero-order valence-electron chi connectivity index (χ0n) is 14.3. The Morgan fingerprint density at radius 1 is 1.30 bits per heavy atom. The van der Waals surface area contributed by atoms with Crippen molar-refractivity contribution in [3.8, 4) is 11.5 Å². The molecule has 0 saturated carbocycles. The van der Waals surface area contributed by atoms with E-state index in [1.165, 1.54) is 17.6 Å². The third-order valence-corrected chi connectivity index (χ3v) is 4.49. The molecule has 0 bridgehead atoms. The number of ether oxygens (including phenoxy) is 2. The lowest BCUT2D eigenvalue weighted by Crippen LogP contribution is -2.17. The molecule has 1 aromatic carbocycles. The van der Waals surface area contributed by atoms with Gasteiger partial charge in [-0.05, 0) is 35.9 Å². The molecule has 9 heteroatoms. The fourth-order valence-corrected chi connectivity index (χ4v) is 3.01. The van der Waals surface area contributed by atoms with Gasteiger partial charge in [0.2, 0.25) is 0 Å². The van der Waals surface area contributed by atoms with Gasteiger partial charge in [0.1, 0.15) is 6.61 Å². The van der Waals surface area contributed by atoms with E-state index in [1.807, 2.05) is 0 Å². The molecule has 0 atom stereocenters. The number of hydrogen-bond acceptors (Lipinski definition) is 7. The molecule has 1 N–H and O–H groups in total. The summed E-state index contributed by atoms with van der Waals surface area (Å²) < 4.78 is 11.6. The van der Waals surface area contributed by atoms with Crippen molar-refractivity contribution < 1.29 is 14.3 Å². The molecule has 27 heavy (non-hydrogen) atoms. The van der Waals surface area contributed by atoms with Crippen LogP contribution in [-0.4, -0.2) is 29.2 Å². The zero-order valence-corrected chi connectivity index (χ0v) is 15.8. The van der Waals surface area contributed by atoms with Crippen molar-refractivity contribution >= 4 is 35.1 Å². The number of benzene rings is 1. The number of hydrazone groups is 1. The molecule has 2 heterocycles. The molecule has 0 radical (unpaired) electrons. The number of hydrogen-bond donors (Lipinski definition) is 1. The minimum atomic E-state index is -0.316. The summed E-state index contributed by atoms with van der Waals surface area (Å²) in [6.07, 6.45) is 6.28. The van der Waals surface area contributed by atoms with E-state index in [4.69, 9.17) is 21.1 Å². The van der Waals surface area contributed by atoms with Crippen molar-refractivity contribution in [2.75, 3.05) is 7.11 Å². The first kappa shape index (κ1) is 18.8. The van der Waals surface area contributed by atoms with Gasteiger partial charge >= 0.3 is 0 Å². The number of aromatic nitrogens is 2. The van der Waals surface area contributed by atoms with Gasteiger partial charge in [0.25, 0.3) is 5.91 Å². The maximum Gasteiger partial charge on any atom is 0.271 e. The summed E-state index contributed by atoms with van der Waals surface area (Å²) in [5.74, 6) is 0.818. The van der Waals surface area contributed by atoms with E-state index < -0.39 is 0 Å². The standard InChI is InChI=1S/C18H15ClN4O3S/c1-25-16-8-12(9-22-23-17(24)13-4-6-20-7-5-13)2-3-15(16)26-11-14-10-21-18(19)27-14/h2-10H,11H2,1H3,(H,23,24)/b22-9+. The number of pyridine rings is 1. The number of carbonyl (C=O) groups is 1. The number of amides is 1. The summed E-state index contributed by atoms with van der Waals surface area (Å²) in [5.41, 5.74) is 3.68. The second-order valence-corrected chi connectivity index (χ2v) is 6.91. The third kappa shape index (κ3) is 5.25. The van der Waals surface area contributed by atoms with Crippen LogP contribution in [0.4, 0.5) is 0 Å². The fraction of sp³-hybridized carbons (Fsp3) is 0.111. The van der Waals surface area contributed by atoms with Crippen LogP contribution in [0.5, 0.6) is 11.5 Å². The quantitative estimate of drug-likeness (QED) is 0.482. The topological polar surface area (TPSA) is 85.7 Å². The number of nitrogens with one attached hydrogen (secondary N) is 1. The Morgan fingerprint density at radius 2 is 2.11 bits per heavy atom. The Hall–Kier alpha value is -2.97. The van der Waals surface area contributed by atoms with E-state index >= 15 is 0 Å². The summed E-state index contributed by atoms with van der Waals surface area (Å²) in [7, 11) is 1.55. The number of rotatable bonds is 7. The highest BCUT2D eigenvalue weighted by molar-refractivity contribution is 7.15. The first-order chi connectivity index (χ1) is 13.2. The van der Waals surface area contributed by atoms with Gasteiger partial charge in [0.15, 0.2) is 16.0 Å². The third-order valence-electron chi connectivity index (χ3n) is 3.41. The summed E-state index contributed by atoms with van der Waals surface area (Å²) in [6.45, 7) is 0.343. The van der Waals surface area contributed by atoms with Crippen LogP contribution in [0.3, 0.4) is 0 Å². The highest BCUT2D eigenvalue weighted by Gasteiger charge is 2.07. The number of methoxy groups -OCH3 is 1. The minimum Gasteiger partial charge on any atom is -0.493 e. The summed E-state index contributed by atoms with van der Waals surface area (Å²) in [6, 6.07) is 8.55. The largest absolute Gasteiger partial charge is 0.493 e. The van der Waals surface area contributed by atoms with Crippen molar-refractivity contribution in [1.82, 2.24) is 15.4 Å². The molecule has 0 aliphatic heterocycles. The maximum absolute atomic E-state index is 11.9. The van der Waals surface area contributed by atoms with Crippen molar-refractivity contribution in [2.24, 2.45) is 5.10 Å². The van der Waals surface area contributed by atoms with Crippen molar-refractivity contribution in [2.45, 2.75) is 6.61 Å². The smallest absolute Gasteiger partial charge is 0.271 e. The van der Waals surface area contributed by atoms with Crippen LogP contribution in [0, 0.1) is 0 Å². The summed E-state index contributed by atoms with van der Waals surface area (Å²) in [4.78, 5) is 20.7. The molecule has 1 amide bonds. The van der Waals surface area contributed by atoms with Gasteiger partial charge in [-0.3, -0.25) is 9.78 Å². The minimum absolute atomic E-state index is 0.316. The number of halogens is 1. The van der Waals surface area contributed by atoms with Crippen molar-refractivity contribution in [1.29, 1.82) is 0 Å². The van der Waals surface area contributed by atoms with Gasteiger partial charge in [-0.2, -0.15) is 5.10 Å². The van der Waals surface area contributed by atoms with E-state index in [2.05, 4.69) is 20.5 Å². The van der Waals surface area contributed by atoms with E-state index in [1.54, 1.807) is 56.0 Å². The lowest BCUT2D eigenvalue weighted by atomic mass is 10.2. The molecule has 0 fully saturated rings. The molecule has 0 aliphatic rings. The average molecular weight is 403 g/mol. The number of thiazole rings is 1. The SMILES string of the molecule is COc1cc(/C=N/NC(=O)c2ccncc2)ccc1OCc1cnc(Cl)s1. The van der Waals surface area contributed by atoms with Gasteiger partial charge in [-0.25, -0.2) is 10.4 Å². The molecular weight excluding hydrogens is 388 g/mol. The van der Waals surface area contributed by atoms with Crippen LogP contribution >= 0.6 is 22.9 Å². The maximum atomic E-state index is 11.9. The molecule has 0 aliphatic carbocycles. The molecule has 7 nitrogen and oxygen atoms in total. The van der Waals surface area contributed by atoms with Crippen molar-refractivity contribution in [3.63, 3.8) is 0 Å². The predicted molar refractivity (Wildman–Crippen MR) is 104 cm³/mol. The lowest BCUT2D eigenvalue weighted by Gasteiger charge is -2.10. The Kier molecular flexibility index (Phi) is 6.35.